The molecule has 0 amide bonds. The molecule has 1 saturated carbocycles. The topological polar surface area (TPSA) is 30.7 Å². The van der Waals surface area contributed by atoms with Gasteiger partial charge in [-0.2, -0.15) is 0 Å². The molecule has 0 N–H and O–H groups in total. The Morgan fingerprint density at radius 3 is 2.58 bits per heavy atom. The molecule has 0 saturated heterocycles. The Hall–Kier alpha value is -3.33. The van der Waals surface area contributed by atoms with Gasteiger partial charge in [0, 0.05) is 38.4 Å². The summed E-state index contributed by atoms with van der Waals surface area (Å²) in [6, 6.07) is 31.8. The molecule has 1 fully saturated rings. The number of benzene rings is 3. The van der Waals surface area contributed by atoms with Crippen LogP contribution in [0.1, 0.15) is 56.2 Å². The van der Waals surface area contributed by atoms with Crippen molar-refractivity contribution in [2.45, 2.75) is 57.9 Å². The van der Waals surface area contributed by atoms with E-state index in [4.69, 9.17) is 4.98 Å². The number of nitrogens with zero attached hydrogens (tertiary/aromatic N) is 3. The minimum Gasteiger partial charge on any atom is -0.360 e. The van der Waals surface area contributed by atoms with Gasteiger partial charge in [0.2, 0.25) is 0 Å². The van der Waals surface area contributed by atoms with Crippen molar-refractivity contribution >= 4 is 16.6 Å². The van der Waals surface area contributed by atoms with Crippen LogP contribution in [-0.2, 0) is 38.5 Å². The van der Waals surface area contributed by atoms with Crippen LogP contribution in [-0.4, -0.2) is 14.5 Å². The van der Waals surface area contributed by atoms with Gasteiger partial charge in [0.1, 0.15) is 0 Å². The van der Waals surface area contributed by atoms with Gasteiger partial charge >= 0.3 is 0 Å². The second kappa shape index (κ2) is 10.9. The molecular weight excluding hydrogens is 667 g/mol. The van der Waals surface area contributed by atoms with E-state index in [0.717, 1.165) is 41.5 Å². The summed E-state index contributed by atoms with van der Waals surface area (Å²) < 4.78 is 2.36. The molecule has 0 unspecified atom stereocenters. The van der Waals surface area contributed by atoms with E-state index in [9.17, 15) is 0 Å². The molecule has 0 bridgehead atoms. The van der Waals surface area contributed by atoms with E-state index < -0.39 is 0 Å². The number of aromatic nitrogens is 3. The predicted molar refractivity (Wildman–Crippen MR) is 159 cm³/mol. The Bertz CT molecular complexity index is 1690. The van der Waals surface area contributed by atoms with Crippen LogP contribution in [0.25, 0.3) is 39.3 Å². The SMILES string of the molecule is CC1(C)Cc2cccnc2-c2[c-]cccc21.[Ir].[c-]1ccccc1-c1nc2cccc3c2n1CC=C3C1CCCC1. The van der Waals surface area contributed by atoms with Crippen molar-refractivity contribution in [3.8, 4) is 22.6 Å². The average Bonchev–Trinajstić information content (AvgIpc) is 3.64. The van der Waals surface area contributed by atoms with Gasteiger partial charge in [0.05, 0.1) is 16.9 Å². The quantitative estimate of drug-likeness (QED) is 0.173. The van der Waals surface area contributed by atoms with Crippen LogP contribution in [0.4, 0.5) is 0 Å². The molecule has 1 radical (unpaired) electrons. The molecule has 0 atom stereocenters. The average molecular weight is 700 g/mol. The molecule has 203 valence electrons. The van der Waals surface area contributed by atoms with Crippen LogP contribution < -0.4 is 0 Å². The number of fused-ring (bicyclic) bond motifs is 3. The van der Waals surface area contributed by atoms with Crippen LogP contribution in [0, 0.1) is 18.1 Å². The first-order chi connectivity index (χ1) is 19.1. The van der Waals surface area contributed by atoms with Crippen LogP contribution >= 0.6 is 0 Å². The summed E-state index contributed by atoms with van der Waals surface area (Å²) in [6.45, 7) is 5.50. The summed E-state index contributed by atoms with van der Waals surface area (Å²) in [6.07, 6.45) is 10.8. The molecule has 3 aliphatic rings. The van der Waals surface area contributed by atoms with Crippen molar-refractivity contribution in [1.82, 2.24) is 14.5 Å². The van der Waals surface area contributed by atoms with Crippen molar-refractivity contribution in [3.63, 3.8) is 0 Å². The standard InChI is InChI=1S/C21H19N2.C15H14N.Ir/c1-2-9-16(10-3-1)21-22-19-12-6-11-18-17(15-7-4-5-8-15)13-14-23(21)20(18)19;1-15(2)10-11-6-5-9-16-14(11)12-7-3-4-8-13(12)15;/h1-3,6,9,11-13,15H,4-5,7-8,14H2;3-6,8-9H,10H2,1-2H3;/q2*-1;. The molecule has 1 aliphatic heterocycles. The van der Waals surface area contributed by atoms with E-state index in [2.05, 4.69) is 90.1 Å². The number of imidazole rings is 1. The monoisotopic (exact) mass is 700 g/mol. The third kappa shape index (κ3) is 4.68. The fourth-order valence-electron chi connectivity index (χ4n) is 6.83. The predicted octanol–water partition coefficient (Wildman–Crippen LogP) is 8.47. The number of hydrogen-bond donors (Lipinski definition) is 0. The molecule has 0 spiro atoms. The molecule has 3 heterocycles. The second-order valence-electron chi connectivity index (χ2n) is 11.7. The molecule has 3 aromatic carbocycles. The number of rotatable bonds is 2. The van der Waals surface area contributed by atoms with Crippen molar-refractivity contribution in [2.24, 2.45) is 5.92 Å². The zero-order valence-electron chi connectivity index (χ0n) is 23.1. The van der Waals surface area contributed by atoms with Gasteiger partial charge in [-0.1, -0.05) is 56.5 Å². The molecule has 5 aromatic rings. The maximum Gasteiger partial charge on any atom is 0.0777 e. The Balaban J connectivity index is 0.000000150. The molecule has 2 aromatic heterocycles. The van der Waals surface area contributed by atoms with Crippen molar-refractivity contribution in [1.29, 1.82) is 0 Å². The molecule has 4 heteroatoms. The Morgan fingerprint density at radius 1 is 0.900 bits per heavy atom. The van der Waals surface area contributed by atoms with Crippen LogP contribution in [0.5, 0.6) is 0 Å². The number of para-hydroxylation sites is 1. The van der Waals surface area contributed by atoms with Crippen molar-refractivity contribution in [3.05, 3.63) is 114 Å². The van der Waals surface area contributed by atoms with Crippen LogP contribution in [0.15, 0.2) is 85.1 Å². The Morgan fingerprint density at radius 2 is 1.75 bits per heavy atom. The fraction of sp³-hybridized carbons (Fsp3) is 0.278. The van der Waals surface area contributed by atoms with Crippen LogP contribution in [0.3, 0.4) is 0 Å². The van der Waals surface area contributed by atoms with Gasteiger partial charge in [-0.05, 0) is 54.0 Å². The van der Waals surface area contributed by atoms with Gasteiger partial charge in [-0.3, -0.25) is 4.98 Å². The first-order valence-electron chi connectivity index (χ1n) is 14.2. The summed E-state index contributed by atoms with van der Waals surface area (Å²) in [4.78, 5) is 9.41. The largest absolute Gasteiger partial charge is 0.360 e. The Labute approximate surface area is 250 Å². The minimum atomic E-state index is 0. The smallest absolute Gasteiger partial charge is 0.0777 e. The number of hydrogen-bond acceptors (Lipinski definition) is 2. The van der Waals surface area contributed by atoms with E-state index >= 15 is 0 Å². The van der Waals surface area contributed by atoms with Gasteiger partial charge in [-0.15, -0.1) is 71.3 Å². The van der Waals surface area contributed by atoms with Gasteiger partial charge in [0.15, 0.2) is 0 Å². The van der Waals surface area contributed by atoms with E-state index in [1.807, 2.05) is 30.5 Å². The first-order valence-corrected chi connectivity index (χ1v) is 14.2. The Kier molecular flexibility index (Phi) is 7.33. The molecule has 3 nitrogen and oxygen atoms in total. The summed E-state index contributed by atoms with van der Waals surface area (Å²) in [5.41, 5.74) is 11.6. The van der Waals surface area contributed by atoms with Crippen molar-refractivity contribution < 1.29 is 20.1 Å². The van der Waals surface area contributed by atoms with E-state index in [1.54, 1.807) is 5.57 Å². The zero-order chi connectivity index (χ0) is 26.4. The maximum atomic E-state index is 4.91. The van der Waals surface area contributed by atoms with Crippen molar-refractivity contribution in [2.75, 3.05) is 0 Å². The molecule has 8 rings (SSSR count). The zero-order valence-corrected chi connectivity index (χ0v) is 25.5. The normalized spacial score (nSPS) is 16.7. The fourth-order valence-corrected chi connectivity index (χ4v) is 6.83. The summed E-state index contributed by atoms with van der Waals surface area (Å²) in [5.74, 6) is 1.78. The molecule has 2 aliphatic carbocycles. The van der Waals surface area contributed by atoms with Gasteiger partial charge in [-0.25, -0.2) is 0 Å². The van der Waals surface area contributed by atoms with Gasteiger partial charge in [0.25, 0.3) is 0 Å². The third-order valence-electron chi connectivity index (χ3n) is 8.66. The summed E-state index contributed by atoms with van der Waals surface area (Å²) in [7, 11) is 0. The molecular formula is C36H33IrN3-2. The summed E-state index contributed by atoms with van der Waals surface area (Å²) >= 11 is 0. The van der Waals surface area contributed by atoms with Gasteiger partial charge < -0.3 is 9.55 Å². The van der Waals surface area contributed by atoms with E-state index in [-0.39, 0.29) is 25.5 Å². The van der Waals surface area contributed by atoms with Crippen LogP contribution in [0.2, 0.25) is 0 Å². The second-order valence-corrected chi connectivity index (χ2v) is 11.7. The first kappa shape index (κ1) is 26.9. The number of pyridine rings is 1. The molecule has 40 heavy (non-hydrogen) atoms. The van der Waals surface area contributed by atoms with E-state index in [0.29, 0.717) is 0 Å². The van der Waals surface area contributed by atoms with E-state index in [1.165, 1.54) is 53.5 Å². The summed E-state index contributed by atoms with van der Waals surface area (Å²) in [5, 5.41) is 0. The number of allylic oxidation sites excluding steroid dienone is 2. The minimum absolute atomic E-state index is 0. The third-order valence-corrected chi connectivity index (χ3v) is 8.66. The maximum absolute atomic E-state index is 4.91.